The number of aliphatic imine (C=N–C) groups is 1. The van der Waals surface area contributed by atoms with Crippen LogP contribution in [0.25, 0.3) is 0 Å². The molecule has 0 aromatic carbocycles. The van der Waals surface area contributed by atoms with Gasteiger partial charge in [0.1, 0.15) is 5.84 Å². The van der Waals surface area contributed by atoms with Gasteiger partial charge in [0.15, 0.2) is 0 Å². The van der Waals surface area contributed by atoms with E-state index in [2.05, 4.69) is 79.2 Å². The minimum Gasteiger partial charge on any atom is -0.385 e. The molecule has 0 aliphatic rings. The van der Waals surface area contributed by atoms with E-state index in [1.54, 1.807) is 36.4 Å². The summed E-state index contributed by atoms with van der Waals surface area (Å²) in [5.41, 5.74) is 11.7. The van der Waals surface area contributed by atoms with E-state index in [1.807, 2.05) is 0 Å². The van der Waals surface area contributed by atoms with Crippen LogP contribution in [0.1, 0.15) is 73.1 Å². The molecule has 0 spiro atoms. The van der Waals surface area contributed by atoms with Gasteiger partial charge in [-0.3, -0.25) is 0 Å². The number of hydrogen-bond donors (Lipinski definition) is 2. The molecular weight excluding hydrogens is 452 g/mol. The van der Waals surface area contributed by atoms with Crippen LogP contribution in [0.4, 0.5) is 5.95 Å². The molecule has 0 saturated heterocycles. The molecule has 1 aromatic heterocycles. The van der Waals surface area contributed by atoms with Gasteiger partial charge in [-0.2, -0.15) is 22.0 Å². The summed E-state index contributed by atoms with van der Waals surface area (Å²) in [6.45, 7) is 11.0. The zero-order valence-electron chi connectivity index (χ0n) is 22.1. The minimum absolute atomic E-state index is 0.242. The standard InChI is InChI=1S/C28H42N6S/c1-22(2)10-6-11-23(3)12-7-13-24(4)14-8-15-25(5)16-19-35-20-26(27(30)33-21-29)34-28-31-17-9-18-32-28/h9-10,12,14,16-18,26H,6-8,11,13,15,19-20H2,1-5H3,(H2,30,33)(H,31,32,34)/b23-12+,24-14+,25-16+. The number of nitrogens with one attached hydrogen (secondary N) is 1. The summed E-state index contributed by atoms with van der Waals surface area (Å²) in [6.07, 6.45) is 21.1. The second kappa shape index (κ2) is 18.5. The number of nitrogens with two attached hydrogens (primary N) is 1. The van der Waals surface area contributed by atoms with Gasteiger partial charge in [-0.15, -0.1) is 0 Å². The molecule has 0 amide bonds. The fourth-order valence-corrected chi connectivity index (χ4v) is 4.27. The average molecular weight is 495 g/mol. The van der Waals surface area contributed by atoms with Crippen molar-refractivity contribution in [2.75, 3.05) is 16.8 Å². The van der Waals surface area contributed by atoms with Gasteiger partial charge in [-0.05, 0) is 79.2 Å². The molecule has 1 rings (SSSR count). The molecule has 1 heterocycles. The number of allylic oxidation sites excluding steroid dienone is 7. The molecule has 190 valence electrons. The number of rotatable bonds is 16. The number of amidine groups is 1. The van der Waals surface area contributed by atoms with E-state index in [0.717, 1.165) is 44.3 Å². The van der Waals surface area contributed by atoms with Gasteiger partial charge in [0.2, 0.25) is 12.1 Å². The summed E-state index contributed by atoms with van der Waals surface area (Å²) >= 11 is 1.73. The molecule has 0 bridgehead atoms. The predicted molar refractivity (Wildman–Crippen MR) is 152 cm³/mol. The van der Waals surface area contributed by atoms with Crippen molar-refractivity contribution >= 4 is 23.5 Å². The second-order valence-corrected chi connectivity index (χ2v) is 10.1. The molecule has 1 aromatic rings. The maximum absolute atomic E-state index is 8.83. The van der Waals surface area contributed by atoms with Crippen LogP contribution in [0, 0.1) is 11.5 Å². The topological polar surface area (TPSA) is 100.0 Å². The summed E-state index contributed by atoms with van der Waals surface area (Å²) in [4.78, 5) is 12.0. The lowest BCUT2D eigenvalue weighted by molar-refractivity contribution is 0.899. The Bertz CT molecular complexity index is 934. The highest BCUT2D eigenvalue weighted by Crippen LogP contribution is 2.15. The van der Waals surface area contributed by atoms with Crippen molar-refractivity contribution in [1.82, 2.24) is 9.97 Å². The van der Waals surface area contributed by atoms with Gasteiger partial charge >= 0.3 is 0 Å². The van der Waals surface area contributed by atoms with Crippen molar-refractivity contribution in [2.24, 2.45) is 10.7 Å². The van der Waals surface area contributed by atoms with Crippen molar-refractivity contribution < 1.29 is 0 Å². The number of nitriles is 1. The predicted octanol–water partition coefficient (Wildman–Crippen LogP) is 6.97. The van der Waals surface area contributed by atoms with Crippen LogP contribution in [0.5, 0.6) is 0 Å². The molecular formula is C28H42N6S. The van der Waals surface area contributed by atoms with Gasteiger partial charge in [0.25, 0.3) is 0 Å². The normalized spacial score (nSPS) is 13.8. The summed E-state index contributed by atoms with van der Waals surface area (Å²) < 4.78 is 0. The highest BCUT2D eigenvalue weighted by molar-refractivity contribution is 7.99. The van der Waals surface area contributed by atoms with Gasteiger partial charge in [-0.25, -0.2) is 9.97 Å². The molecule has 0 aliphatic carbocycles. The first-order chi connectivity index (χ1) is 16.8. The smallest absolute Gasteiger partial charge is 0.223 e. The average Bonchev–Trinajstić information content (AvgIpc) is 2.81. The summed E-state index contributed by atoms with van der Waals surface area (Å²) in [6, 6.07) is 1.45. The number of nitrogens with zero attached hydrogens (tertiary/aromatic N) is 4. The van der Waals surface area contributed by atoms with Gasteiger partial charge in [0, 0.05) is 23.9 Å². The number of aromatic nitrogens is 2. The monoisotopic (exact) mass is 494 g/mol. The molecule has 0 fully saturated rings. The first kappa shape index (κ1) is 30.2. The third-order valence-corrected chi connectivity index (χ3v) is 6.37. The lowest BCUT2D eigenvalue weighted by Gasteiger charge is -2.16. The van der Waals surface area contributed by atoms with Crippen molar-refractivity contribution in [3.63, 3.8) is 0 Å². The Morgan fingerprint density at radius 1 is 0.971 bits per heavy atom. The van der Waals surface area contributed by atoms with E-state index in [1.165, 1.54) is 22.3 Å². The maximum Gasteiger partial charge on any atom is 0.223 e. The molecule has 7 heteroatoms. The Kier molecular flexibility index (Phi) is 15.9. The van der Waals surface area contributed by atoms with Gasteiger partial charge in [0.05, 0.1) is 6.04 Å². The van der Waals surface area contributed by atoms with E-state index in [0.29, 0.717) is 11.7 Å². The zero-order chi connectivity index (χ0) is 25.9. The largest absolute Gasteiger partial charge is 0.385 e. The Morgan fingerprint density at radius 2 is 1.51 bits per heavy atom. The van der Waals surface area contributed by atoms with Crippen LogP contribution >= 0.6 is 11.8 Å². The van der Waals surface area contributed by atoms with E-state index < -0.39 is 0 Å². The zero-order valence-corrected chi connectivity index (χ0v) is 22.9. The SMILES string of the molecule is CC(C)=CCC/C(C)=C/CC/C(C)=C/CC/C(C)=C/CSCC(Nc1ncccn1)C(N)=NC#N. The Morgan fingerprint density at radius 3 is 2.06 bits per heavy atom. The highest BCUT2D eigenvalue weighted by Gasteiger charge is 2.14. The second-order valence-electron chi connectivity index (χ2n) is 8.99. The molecule has 35 heavy (non-hydrogen) atoms. The van der Waals surface area contributed by atoms with Crippen LogP contribution in [0.3, 0.4) is 0 Å². The molecule has 0 aliphatic heterocycles. The fraction of sp³-hybridized carbons (Fsp3) is 0.500. The third kappa shape index (κ3) is 15.6. The van der Waals surface area contributed by atoms with E-state index in [4.69, 9.17) is 11.0 Å². The highest BCUT2D eigenvalue weighted by atomic mass is 32.2. The Balaban J connectivity index is 2.37. The quantitative estimate of drug-likeness (QED) is 0.0846. The van der Waals surface area contributed by atoms with Crippen LogP contribution in [-0.2, 0) is 0 Å². The van der Waals surface area contributed by atoms with Crippen molar-refractivity contribution in [3.8, 4) is 6.19 Å². The summed E-state index contributed by atoms with van der Waals surface area (Å²) in [5.74, 6) is 2.25. The minimum atomic E-state index is -0.300. The number of hydrogen-bond acceptors (Lipinski definition) is 6. The van der Waals surface area contributed by atoms with Crippen molar-refractivity contribution in [1.29, 1.82) is 5.26 Å². The number of anilines is 1. The van der Waals surface area contributed by atoms with Crippen molar-refractivity contribution in [3.05, 3.63) is 65.1 Å². The Labute approximate surface area is 216 Å². The van der Waals surface area contributed by atoms with E-state index in [-0.39, 0.29) is 11.9 Å². The Hall–Kier alpha value is -2.85. The molecule has 3 N–H and O–H groups in total. The van der Waals surface area contributed by atoms with E-state index >= 15 is 0 Å². The first-order valence-corrected chi connectivity index (χ1v) is 13.4. The first-order valence-electron chi connectivity index (χ1n) is 12.3. The lowest BCUT2D eigenvalue weighted by atomic mass is 10.0. The van der Waals surface area contributed by atoms with E-state index in [9.17, 15) is 0 Å². The van der Waals surface area contributed by atoms with Crippen molar-refractivity contribution in [2.45, 2.75) is 79.2 Å². The van der Waals surface area contributed by atoms with Gasteiger partial charge < -0.3 is 11.1 Å². The van der Waals surface area contributed by atoms with Gasteiger partial charge in [-0.1, -0.05) is 46.6 Å². The summed E-state index contributed by atoms with van der Waals surface area (Å²) in [5, 5.41) is 12.0. The molecule has 0 radical (unpaired) electrons. The third-order valence-electron chi connectivity index (χ3n) is 5.39. The van der Waals surface area contributed by atoms with Crippen LogP contribution in [0.15, 0.2) is 70.0 Å². The fourth-order valence-electron chi connectivity index (χ4n) is 3.24. The lowest BCUT2D eigenvalue weighted by Crippen LogP contribution is -2.38. The van der Waals surface area contributed by atoms with Crippen LogP contribution in [-0.4, -0.2) is 33.4 Å². The number of thioether (sulfide) groups is 1. The maximum atomic E-state index is 8.83. The van der Waals surface area contributed by atoms with Crippen LogP contribution < -0.4 is 11.1 Å². The molecule has 0 saturated carbocycles. The van der Waals surface area contributed by atoms with Crippen LogP contribution in [0.2, 0.25) is 0 Å². The summed E-state index contributed by atoms with van der Waals surface area (Å²) in [7, 11) is 0. The molecule has 1 atom stereocenters. The molecule has 1 unspecified atom stereocenters. The molecule has 6 nitrogen and oxygen atoms in total.